The minimum atomic E-state index is -3.74. The van der Waals surface area contributed by atoms with E-state index in [0.29, 0.717) is 30.2 Å². The second-order valence-corrected chi connectivity index (χ2v) is 8.99. The Kier molecular flexibility index (Phi) is 9.74. The van der Waals surface area contributed by atoms with Crippen LogP contribution in [0.5, 0.6) is 5.75 Å². The van der Waals surface area contributed by atoms with Crippen LogP contribution in [0.25, 0.3) is 0 Å². The van der Waals surface area contributed by atoms with Crippen molar-refractivity contribution < 1.29 is 17.9 Å². The molecular formula is C22H29N3O4S2. The summed E-state index contributed by atoms with van der Waals surface area (Å²) in [7, 11) is -3.74. The third kappa shape index (κ3) is 8.55. The Hall–Kier alpha value is -2.65. The molecule has 0 aliphatic carbocycles. The standard InChI is InChI=1S/C22H29N3O4S2/c1-3-5-6-7-8-21(26)24-22(30)23-17-11-15-20(16-12-17)31(27,28)25-18-9-13-19(14-10-18)29-4-2/h9-16,25H,3-8H2,1-2H3,(H2,23,24,26,30). The molecule has 0 spiro atoms. The molecule has 2 aromatic rings. The van der Waals surface area contributed by atoms with Crippen molar-refractivity contribution in [3.63, 3.8) is 0 Å². The second kappa shape index (κ2) is 12.3. The number of hydrogen-bond donors (Lipinski definition) is 3. The maximum absolute atomic E-state index is 12.6. The van der Waals surface area contributed by atoms with Crippen LogP contribution < -0.4 is 20.1 Å². The second-order valence-electron chi connectivity index (χ2n) is 6.90. The van der Waals surface area contributed by atoms with Crippen LogP contribution in [-0.2, 0) is 14.8 Å². The fraction of sp³-hybridized carbons (Fsp3) is 0.364. The molecule has 0 unspecified atom stereocenters. The number of anilines is 2. The number of rotatable bonds is 11. The molecule has 0 aliphatic heterocycles. The van der Waals surface area contributed by atoms with E-state index >= 15 is 0 Å². The first-order chi connectivity index (χ1) is 14.8. The van der Waals surface area contributed by atoms with Gasteiger partial charge in [0.05, 0.1) is 11.5 Å². The molecule has 0 heterocycles. The van der Waals surface area contributed by atoms with Crippen LogP contribution in [0, 0.1) is 0 Å². The van der Waals surface area contributed by atoms with Crippen LogP contribution in [0.15, 0.2) is 53.4 Å². The van der Waals surface area contributed by atoms with Gasteiger partial charge in [-0.25, -0.2) is 8.42 Å². The Morgan fingerprint density at radius 1 is 0.935 bits per heavy atom. The lowest BCUT2D eigenvalue weighted by molar-refractivity contribution is -0.119. The number of sulfonamides is 1. The van der Waals surface area contributed by atoms with Gasteiger partial charge in [-0.05, 0) is 74.1 Å². The Bertz CT molecular complexity index is 959. The lowest BCUT2D eigenvalue weighted by Crippen LogP contribution is -2.33. The lowest BCUT2D eigenvalue weighted by Gasteiger charge is -2.11. The molecule has 0 aliphatic rings. The molecule has 0 saturated heterocycles. The number of amides is 1. The van der Waals surface area contributed by atoms with Gasteiger partial charge in [0.2, 0.25) is 5.91 Å². The van der Waals surface area contributed by atoms with Crippen molar-refractivity contribution in [3.8, 4) is 5.75 Å². The fourth-order valence-corrected chi connectivity index (χ4v) is 4.07. The molecule has 7 nitrogen and oxygen atoms in total. The summed E-state index contributed by atoms with van der Waals surface area (Å²) in [5.74, 6) is 0.539. The molecule has 0 radical (unpaired) electrons. The molecule has 0 saturated carbocycles. The first kappa shape index (κ1) is 24.6. The van der Waals surface area contributed by atoms with Crippen molar-refractivity contribution in [1.82, 2.24) is 5.32 Å². The molecule has 0 atom stereocenters. The number of hydrogen-bond acceptors (Lipinski definition) is 5. The number of benzene rings is 2. The van der Waals surface area contributed by atoms with E-state index in [4.69, 9.17) is 17.0 Å². The predicted octanol–water partition coefficient (Wildman–Crippen LogP) is 4.67. The van der Waals surface area contributed by atoms with Gasteiger partial charge in [0.15, 0.2) is 5.11 Å². The number of thiocarbonyl (C=S) groups is 1. The van der Waals surface area contributed by atoms with E-state index in [0.717, 1.165) is 25.7 Å². The highest BCUT2D eigenvalue weighted by molar-refractivity contribution is 7.92. The number of carbonyl (C=O) groups excluding carboxylic acids is 1. The van der Waals surface area contributed by atoms with E-state index in [9.17, 15) is 13.2 Å². The highest BCUT2D eigenvalue weighted by Crippen LogP contribution is 2.20. The summed E-state index contributed by atoms with van der Waals surface area (Å²) in [6, 6.07) is 12.8. The summed E-state index contributed by atoms with van der Waals surface area (Å²) in [4.78, 5) is 12.0. The molecule has 9 heteroatoms. The maximum atomic E-state index is 12.6. The Balaban J connectivity index is 1.89. The first-order valence-corrected chi connectivity index (χ1v) is 12.2. The van der Waals surface area contributed by atoms with Crippen molar-refractivity contribution in [1.29, 1.82) is 0 Å². The molecule has 0 aromatic heterocycles. The molecule has 31 heavy (non-hydrogen) atoms. The van der Waals surface area contributed by atoms with Crippen LogP contribution in [0.4, 0.5) is 11.4 Å². The molecular weight excluding hydrogens is 434 g/mol. The average Bonchev–Trinajstić information content (AvgIpc) is 2.73. The maximum Gasteiger partial charge on any atom is 0.261 e. The van der Waals surface area contributed by atoms with Gasteiger partial charge in [-0.3, -0.25) is 9.52 Å². The molecule has 0 bridgehead atoms. The van der Waals surface area contributed by atoms with Crippen molar-refractivity contribution in [2.24, 2.45) is 0 Å². The van der Waals surface area contributed by atoms with Gasteiger partial charge in [0.1, 0.15) is 5.75 Å². The van der Waals surface area contributed by atoms with Gasteiger partial charge >= 0.3 is 0 Å². The summed E-state index contributed by atoms with van der Waals surface area (Å²) in [5.41, 5.74) is 1.02. The normalized spacial score (nSPS) is 10.9. The topological polar surface area (TPSA) is 96.5 Å². The van der Waals surface area contributed by atoms with Gasteiger partial charge < -0.3 is 15.4 Å². The Morgan fingerprint density at radius 3 is 2.19 bits per heavy atom. The zero-order valence-corrected chi connectivity index (χ0v) is 19.4. The summed E-state index contributed by atoms with van der Waals surface area (Å²) in [5, 5.41) is 5.71. The monoisotopic (exact) mass is 463 g/mol. The van der Waals surface area contributed by atoms with Crippen molar-refractivity contribution in [2.75, 3.05) is 16.6 Å². The molecule has 2 aromatic carbocycles. The SMILES string of the molecule is CCCCCCC(=O)NC(=S)Nc1ccc(S(=O)(=O)Nc2ccc(OCC)cc2)cc1. The van der Waals surface area contributed by atoms with Gasteiger partial charge in [0.25, 0.3) is 10.0 Å². The van der Waals surface area contributed by atoms with E-state index in [1.54, 1.807) is 36.4 Å². The zero-order valence-electron chi connectivity index (χ0n) is 17.8. The molecule has 2 rings (SSSR count). The summed E-state index contributed by atoms with van der Waals surface area (Å²) < 4.78 is 33.1. The number of nitrogens with one attached hydrogen (secondary N) is 3. The van der Waals surface area contributed by atoms with Crippen LogP contribution in [-0.4, -0.2) is 26.0 Å². The van der Waals surface area contributed by atoms with Crippen molar-refractivity contribution >= 4 is 44.6 Å². The smallest absolute Gasteiger partial charge is 0.261 e. The van der Waals surface area contributed by atoms with E-state index in [1.807, 2.05) is 6.92 Å². The van der Waals surface area contributed by atoms with Crippen LogP contribution in [0.3, 0.4) is 0 Å². The fourth-order valence-electron chi connectivity index (χ4n) is 2.78. The van der Waals surface area contributed by atoms with Crippen LogP contribution in [0.1, 0.15) is 46.0 Å². The van der Waals surface area contributed by atoms with Gasteiger partial charge in [-0.1, -0.05) is 26.2 Å². The quantitative estimate of drug-likeness (QED) is 0.331. The summed E-state index contributed by atoms with van der Waals surface area (Å²) >= 11 is 5.15. The van der Waals surface area contributed by atoms with Crippen molar-refractivity contribution in [3.05, 3.63) is 48.5 Å². The minimum Gasteiger partial charge on any atom is -0.494 e. The molecule has 1 amide bonds. The van der Waals surface area contributed by atoms with Crippen molar-refractivity contribution in [2.45, 2.75) is 50.8 Å². The number of carbonyl (C=O) groups is 1. The summed E-state index contributed by atoms with van der Waals surface area (Å²) in [6.07, 6.45) is 4.50. The van der Waals surface area contributed by atoms with Gasteiger partial charge in [-0.2, -0.15) is 0 Å². The third-order valence-electron chi connectivity index (χ3n) is 4.35. The van der Waals surface area contributed by atoms with E-state index in [2.05, 4.69) is 22.3 Å². The summed E-state index contributed by atoms with van der Waals surface area (Å²) in [6.45, 7) is 4.54. The van der Waals surface area contributed by atoms with Gasteiger partial charge in [0, 0.05) is 17.8 Å². The third-order valence-corrected chi connectivity index (χ3v) is 5.95. The van der Waals surface area contributed by atoms with E-state index < -0.39 is 10.0 Å². The Labute approximate surface area is 189 Å². The van der Waals surface area contributed by atoms with Crippen LogP contribution >= 0.6 is 12.2 Å². The predicted molar refractivity (Wildman–Crippen MR) is 128 cm³/mol. The molecule has 168 valence electrons. The Morgan fingerprint density at radius 2 is 1.58 bits per heavy atom. The largest absolute Gasteiger partial charge is 0.494 e. The molecule has 0 fully saturated rings. The van der Waals surface area contributed by atoms with E-state index in [1.165, 1.54) is 12.1 Å². The first-order valence-electron chi connectivity index (χ1n) is 10.3. The zero-order chi connectivity index (χ0) is 22.7. The highest BCUT2D eigenvalue weighted by Gasteiger charge is 2.14. The number of ether oxygens (including phenoxy) is 1. The highest BCUT2D eigenvalue weighted by atomic mass is 32.2. The van der Waals surface area contributed by atoms with Gasteiger partial charge in [-0.15, -0.1) is 0 Å². The minimum absolute atomic E-state index is 0.109. The molecule has 3 N–H and O–H groups in total. The lowest BCUT2D eigenvalue weighted by atomic mass is 10.1. The average molecular weight is 464 g/mol. The number of unbranched alkanes of at least 4 members (excludes halogenated alkanes) is 3. The van der Waals surface area contributed by atoms with Crippen LogP contribution in [0.2, 0.25) is 0 Å². The van der Waals surface area contributed by atoms with E-state index in [-0.39, 0.29) is 15.9 Å².